The van der Waals surface area contributed by atoms with Gasteiger partial charge in [0, 0.05) is 31.9 Å². The van der Waals surface area contributed by atoms with Gasteiger partial charge in [0.1, 0.15) is 0 Å². The van der Waals surface area contributed by atoms with Gasteiger partial charge in [-0.15, -0.1) is 12.4 Å². The molecule has 2 aromatic heterocycles. The number of nitrogens with one attached hydrogen (secondary N) is 1. The summed E-state index contributed by atoms with van der Waals surface area (Å²) < 4.78 is 1.62. The van der Waals surface area contributed by atoms with Crippen molar-refractivity contribution in [3.63, 3.8) is 0 Å². The highest BCUT2D eigenvalue weighted by atomic mass is 35.5. The normalized spacial score (nSPS) is 15.6. The van der Waals surface area contributed by atoms with Gasteiger partial charge in [0.05, 0.1) is 11.8 Å². The number of carbonyl (C=O) groups is 1. The number of likely N-dealkylation sites (tertiary alicyclic amines) is 1. The van der Waals surface area contributed by atoms with Crippen LogP contribution in [-0.4, -0.2) is 44.7 Å². The van der Waals surface area contributed by atoms with Gasteiger partial charge in [-0.1, -0.05) is 0 Å². The van der Waals surface area contributed by atoms with Gasteiger partial charge in [-0.3, -0.25) is 19.4 Å². The molecule has 24 heavy (non-hydrogen) atoms. The van der Waals surface area contributed by atoms with Crippen LogP contribution in [0.15, 0.2) is 4.79 Å². The quantitative estimate of drug-likeness (QED) is 0.834. The van der Waals surface area contributed by atoms with E-state index in [0.717, 1.165) is 29.7 Å². The molecule has 3 heterocycles. The molecule has 2 aromatic rings. The Labute approximate surface area is 146 Å². The lowest BCUT2D eigenvalue weighted by molar-refractivity contribution is -0.131. The molecule has 0 unspecified atom stereocenters. The van der Waals surface area contributed by atoms with Crippen molar-refractivity contribution in [2.24, 2.45) is 12.8 Å². The second-order valence-electron chi connectivity index (χ2n) is 6.39. The summed E-state index contributed by atoms with van der Waals surface area (Å²) in [6.07, 6.45) is 1.98. The lowest BCUT2D eigenvalue weighted by Gasteiger charge is -2.30. The topological polar surface area (TPSA) is 97.0 Å². The first-order valence-electron chi connectivity index (χ1n) is 7.96. The summed E-state index contributed by atoms with van der Waals surface area (Å²) in [4.78, 5) is 31.0. The fraction of sp³-hybridized carbons (Fsp3) is 0.562. The minimum absolute atomic E-state index is 0. The van der Waals surface area contributed by atoms with Crippen LogP contribution in [0.2, 0.25) is 0 Å². The van der Waals surface area contributed by atoms with Crippen LogP contribution in [0.25, 0.3) is 11.0 Å². The Morgan fingerprint density at radius 1 is 1.33 bits per heavy atom. The summed E-state index contributed by atoms with van der Waals surface area (Å²) in [5.74, 6) is 0.0802. The van der Waals surface area contributed by atoms with Crippen LogP contribution in [0.3, 0.4) is 0 Å². The molecule has 8 heteroatoms. The number of rotatable bonds is 2. The number of halogens is 1. The smallest absolute Gasteiger partial charge is 0.273 e. The Bertz CT molecular complexity index is 818. The molecule has 0 aromatic carbocycles. The van der Waals surface area contributed by atoms with E-state index < -0.39 is 0 Å². The average molecular weight is 354 g/mol. The summed E-state index contributed by atoms with van der Waals surface area (Å²) in [5, 5.41) is 3.29. The molecule has 0 aliphatic carbocycles. The fourth-order valence-electron chi connectivity index (χ4n) is 3.32. The molecular formula is C16H24ClN5O2. The number of hydrogen-bond acceptors (Lipinski definition) is 4. The second-order valence-corrected chi connectivity index (χ2v) is 6.39. The number of aryl methyl sites for hydroxylation is 3. The molecule has 1 aliphatic heterocycles. The van der Waals surface area contributed by atoms with Gasteiger partial charge in [-0.25, -0.2) is 4.98 Å². The van der Waals surface area contributed by atoms with E-state index >= 15 is 0 Å². The number of pyridine rings is 1. The third-order valence-corrected chi connectivity index (χ3v) is 4.80. The minimum atomic E-state index is -0.162. The SMILES string of the molecule is Cc1nc2c(c(C)c1CC(=O)N1CCC(N)CC1)c(=O)[nH]n2C.Cl. The van der Waals surface area contributed by atoms with Crippen molar-refractivity contribution in [2.75, 3.05) is 13.1 Å². The van der Waals surface area contributed by atoms with Gasteiger partial charge < -0.3 is 10.6 Å². The number of hydrogen-bond donors (Lipinski definition) is 2. The standard InChI is InChI=1S/C16H23N5O2.ClH/c1-9-12(8-13(22)21-6-4-11(17)5-7-21)10(2)18-15-14(9)16(23)19-20(15)3;/h11H,4-8,17H2,1-3H3,(H,19,23);1H. The molecule has 132 valence electrons. The Hall–Kier alpha value is -1.86. The van der Waals surface area contributed by atoms with E-state index in [1.807, 2.05) is 18.7 Å². The predicted octanol–water partition coefficient (Wildman–Crippen LogP) is 0.792. The number of nitrogens with zero attached hydrogens (tertiary/aromatic N) is 3. The summed E-state index contributed by atoms with van der Waals surface area (Å²) in [6.45, 7) is 5.19. The highest BCUT2D eigenvalue weighted by Crippen LogP contribution is 2.21. The predicted molar refractivity (Wildman–Crippen MR) is 95.6 cm³/mol. The Morgan fingerprint density at radius 3 is 2.58 bits per heavy atom. The summed E-state index contributed by atoms with van der Waals surface area (Å²) in [5.41, 5.74) is 8.86. The largest absolute Gasteiger partial charge is 0.342 e. The Morgan fingerprint density at radius 2 is 1.96 bits per heavy atom. The lowest BCUT2D eigenvalue weighted by atomic mass is 10.00. The summed E-state index contributed by atoms with van der Waals surface area (Å²) in [7, 11) is 1.76. The number of H-pyrrole nitrogens is 1. The third kappa shape index (κ3) is 3.18. The van der Waals surface area contributed by atoms with Gasteiger partial charge in [0.25, 0.3) is 5.56 Å². The number of aromatic amines is 1. The first-order chi connectivity index (χ1) is 10.9. The van der Waals surface area contributed by atoms with Crippen molar-refractivity contribution < 1.29 is 4.79 Å². The van der Waals surface area contributed by atoms with Crippen molar-refractivity contribution in [3.8, 4) is 0 Å². The van der Waals surface area contributed by atoms with Crippen LogP contribution < -0.4 is 11.3 Å². The highest BCUT2D eigenvalue weighted by Gasteiger charge is 2.23. The van der Waals surface area contributed by atoms with E-state index in [9.17, 15) is 9.59 Å². The van der Waals surface area contributed by atoms with Crippen LogP contribution in [0.1, 0.15) is 29.7 Å². The van der Waals surface area contributed by atoms with E-state index in [1.165, 1.54) is 0 Å². The molecule has 3 N–H and O–H groups in total. The monoisotopic (exact) mass is 353 g/mol. The lowest BCUT2D eigenvalue weighted by Crippen LogP contribution is -2.43. The fourth-order valence-corrected chi connectivity index (χ4v) is 3.32. The summed E-state index contributed by atoms with van der Waals surface area (Å²) in [6, 6.07) is 0.198. The molecular weight excluding hydrogens is 330 g/mol. The van der Waals surface area contributed by atoms with E-state index in [-0.39, 0.29) is 36.3 Å². The highest BCUT2D eigenvalue weighted by molar-refractivity contribution is 5.85. The van der Waals surface area contributed by atoms with Gasteiger partial charge in [-0.05, 0) is 37.8 Å². The Kier molecular flexibility index (Phi) is 5.35. The van der Waals surface area contributed by atoms with Crippen molar-refractivity contribution in [1.29, 1.82) is 0 Å². The van der Waals surface area contributed by atoms with E-state index in [1.54, 1.807) is 11.7 Å². The third-order valence-electron chi connectivity index (χ3n) is 4.80. The van der Waals surface area contributed by atoms with Crippen LogP contribution in [0.4, 0.5) is 0 Å². The van der Waals surface area contributed by atoms with Gasteiger partial charge in [0.15, 0.2) is 5.65 Å². The summed E-state index contributed by atoms with van der Waals surface area (Å²) >= 11 is 0. The molecule has 0 bridgehead atoms. The van der Waals surface area contributed by atoms with Crippen molar-refractivity contribution in [1.82, 2.24) is 19.7 Å². The number of fused-ring (bicyclic) bond motifs is 1. The van der Waals surface area contributed by atoms with E-state index in [2.05, 4.69) is 10.1 Å². The molecule has 0 saturated carbocycles. The van der Waals surface area contributed by atoms with Crippen molar-refractivity contribution in [3.05, 3.63) is 27.2 Å². The second kappa shape index (κ2) is 6.94. The first kappa shape index (κ1) is 18.5. The number of carbonyl (C=O) groups excluding carboxylic acids is 1. The molecule has 3 rings (SSSR count). The molecule has 0 atom stereocenters. The minimum Gasteiger partial charge on any atom is -0.342 e. The zero-order valence-electron chi connectivity index (χ0n) is 14.3. The molecule has 1 fully saturated rings. The maximum Gasteiger partial charge on any atom is 0.273 e. The average Bonchev–Trinajstić information content (AvgIpc) is 2.78. The van der Waals surface area contributed by atoms with Crippen LogP contribution >= 0.6 is 12.4 Å². The maximum absolute atomic E-state index is 12.6. The van der Waals surface area contributed by atoms with Gasteiger partial charge >= 0.3 is 0 Å². The zero-order chi connectivity index (χ0) is 16.7. The first-order valence-corrected chi connectivity index (χ1v) is 7.96. The zero-order valence-corrected chi connectivity index (χ0v) is 15.1. The van der Waals surface area contributed by atoms with Crippen LogP contribution in [0, 0.1) is 13.8 Å². The van der Waals surface area contributed by atoms with Gasteiger partial charge in [0.2, 0.25) is 5.91 Å². The van der Waals surface area contributed by atoms with E-state index in [4.69, 9.17) is 5.73 Å². The Balaban J connectivity index is 0.00000208. The molecule has 1 amide bonds. The van der Waals surface area contributed by atoms with Crippen LogP contribution in [0.5, 0.6) is 0 Å². The van der Waals surface area contributed by atoms with Crippen LogP contribution in [-0.2, 0) is 18.3 Å². The maximum atomic E-state index is 12.6. The molecule has 0 radical (unpaired) electrons. The van der Waals surface area contributed by atoms with E-state index in [0.29, 0.717) is 24.1 Å². The number of nitrogens with two attached hydrogens (primary N) is 1. The molecule has 0 spiro atoms. The van der Waals surface area contributed by atoms with Crippen molar-refractivity contribution in [2.45, 2.75) is 39.2 Å². The van der Waals surface area contributed by atoms with Crippen molar-refractivity contribution >= 4 is 29.3 Å². The molecule has 1 saturated heterocycles. The van der Waals surface area contributed by atoms with Gasteiger partial charge in [-0.2, -0.15) is 0 Å². The molecule has 1 aliphatic rings. The number of aromatic nitrogens is 3. The number of amides is 1. The molecule has 7 nitrogen and oxygen atoms in total. The number of piperidine rings is 1.